The van der Waals surface area contributed by atoms with Crippen molar-refractivity contribution in [3.05, 3.63) is 81.4 Å². The molecule has 3 aliphatic heterocycles. The van der Waals surface area contributed by atoms with Crippen LogP contribution in [0.15, 0.2) is 48.0 Å². The molecule has 0 saturated carbocycles. The largest absolute Gasteiger partial charge is 0.504 e. The molecule has 0 aromatic heterocycles. The quantitative estimate of drug-likeness (QED) is 0.0396. The number of carbonyl (C=O) groups is 8. The number of aliphatic hydroxyl groups is 1. The molecule has 5 aromatic rings. The van der Waals surface area contributed by atoms with Crippen LogP contribution in [0, 0.1) is 0 Å². The summed E-state index contributed by atoms with van der Waals surface area (Å²) < 4.78 is 37.7. The lowest BCUT2D eigenvalue weighted by molar-refractivity contribution is -0.287. The summed E-state index contributed by atoms with van der Waals surface area (Å²) in [7, 11) is 0. The Hall–Kier alpha value is -11.5. The summed E-state index contributed by atoms with van der Waals surface area (Å²) in [4.78, 5) is 108. The van der Waals surface area contributed by atoms with Gasteiger partial charge in [-0.3, -0.25) is 0 Å². The molecule has 0 amide bonds. The number of benzene rings is 5. The van der Waals surface area contributed by atoms with E-state index < -0.39 is 239 Å². The van der Waals surface area contributed by atoms with Gasteiger partial charge in [-0.1, -0.05) is 0 Å². The minimum atomic E-state index is -2.87. The van der Waals surface area contributed by atoms with E-state index >= 15 is 0 Å². The molecule has 0 radical (unpaired) electrons. The van der Waals surface area contributed by atoms with Gasteiger partial charge in [-0.2, -0.15) is 0 Å². The van der Waals surface area contributed by atoms with Crippen LogP contribution in [-0.4, -0.2) is 183 Å². The number of carboxylic acids is 3. The molecular weight excluding hydrogens is 1100 g/mol. The average molecular weight is 1140 g/mol. The van der Waals surface area contributed by atoms with Crippen LogP contribution in [0.5, 0.6) is 92.0 Å². The van der Waals surface area contributed by atoms with E-state index in [4.69, 9.17) is 33.2 Å². The van der Waals surface area contributed by atoms with E-state index in [0.29, 0.717) is 30.3 Å². The van der Waals surface area contributed by atoms with Crippen LogP contribution in [-0.2, 0) is 42.8 Å². The van der Waals surface area contributed by atoms with Gasteiger partial charge in [0.25, 0.3) is 0 Å². The second-order valence-electron chi connectivity index (χ2n) is 17.2. The molecule has 18 N–H and O–H groups in total. The molecule has 1 fully saturated rings. The lowest BCUT2D eigenvalue weighted by Gasteiger charge is -2.43. The van der Waals surface area contributed by atoms with Crippen molar-refractivity contribution in [1.82, 2.24) is 0 Å². The molecule has 0 unspecified atom stereocenters. The van der Waals surface area contributed by atoms with Gasteiger partial charge in [0, 0.05) is 34.9 Å². The van der Waals surface area contributed by atoms with Gasteiger partial charge in [-0.05, 0) is 24.3 Å². The van der Waals surface area contributed by atoms with E-state index in [0.717, 1.165) is 0 Å². The fraction of sp³-hybridized carbons (Fsp3) is 0.167. The maximum atomic E-state index is 15.0. The summed E-state index contributed by atoms with van der Waals surface area (Å²) in [6, 6.07) is 2.25. The van der Waals surface area contributed by atoms with Crippen LogP contribution in [0.4, 0.5) is 0 Å². The number of cyclic esters (lactones) is 2. The maximum Gasteiger partial charge on any atom is 0.346 e. The standard InChI is InChI=1S/C48H34O33/c49-15-1-9(2-16(50)27(15)56)43(70)81-48-36(65)40-38(78-47(74)13(7-22(54)55)26-25-11(4-18(52)29(58)33(25)62)45(72)79-39(26)42(68)69)21(77-48)8-75-44(71)10-3-17(51)28(57)32(61)23(10)24-12(46(73)80-40)6-20(31(60)34(24)63)76-37-14(41(66)67)5-19(53)30(59)35(37)64/h1-7,21,26,36,38-40,48-53,56-65H,8H2,(H,54,55)(H,66,67)(H,68,69)/b13-7-/t21-,26+,36-,38-,39+,40-,48+/m1/s1. The molecule has 3 aliphatic rings. The van der Waals surface area contributed by atoms with Crippen molar-refractivity contribution in [1.29, 1.82) is 0 Å². The molecule has 3 heterocycles. The minimum Gasteiger partial charge on any atom is -0.504 e. The van der Waals surface area contributed by atoms with Crippen molar-refractivity contribution >= 4 is 47.8 Å². The van der Waals surface area contributed by atoms with Crippen molar-refractivity contribution in [2.75, 3.05) is 6.61 Å². The molecule has 81 heavy (non-hydrogen) atoms. The zero-order valence-electron chi connectivity index (χ0n) is 39.5. The number of aliphatic carboxylic acids is 2. The molecule has 5 aromatic carbocycles. The summed E-state index contributed by atoms with van der Waals surface area (Å²) in [5.41, 5.74) is -10.9. The van der Waals surface area contributed by atoms with Crippen molar-refractivity contribution in [3.8, 4) is 103 Å². The highest BCUT2D eigenvalue weighted by Gasteiger charge is 2.55. The third-order valence-corrected chi connectivity index (χ3v) is 12.3. The van der Waals surface area contributed by atoms with Crippen LogP contribution < -0.4 is 4.74 Å². The van der Waals surface area contributed by atoms with E-state index in [-0.39, 0.29) is 12.1 Å². The van der Waals surface area contributed by atoms with Crippen molar-refractivity contribution in [2.24, 2.45) is 0 Å². The summed E-state index contributed by atoms with van der Waals surface area (Å²) in [6.07, 6.45) is -16.4. The topological polar surface area (TPSA) is 565 Å². The predicted molar refractivity (Wildman–Crippen MR) is 246 cm³/mol. The van der Waals surface area contributed by atoms with Crippen molar-refractivity contribution < 1.29 is 163 Å². The number of aromatic hydroxyl groups is 14. The molecule has 0 spiro atoms. The normalized spacial score (nSPS) is 20.5. The third-order valence-electron chi connectivity index (χ3n) is 12.3. The van der Waals surface area contributed by atoms with Crippen LogP contribution in [0.25, 0.3) is 11.1 Å². The van der Waals surface area contributed by atoms with Crippen LogP contribution in [0.2, 0.25) is 0 Å². The first kappa shape index (κ1) is 55.7. The predicted octanol–water partition coefficient (Wildman–Crippen LogP) is 0.691. The third kappa shape index (κ3) is 9.62. The number of aromatic carboxylic acids is 1. The van der Waals surface area contributed by atoms with E-state index in [1.807, 2.05) is 0 Å². The Morgan fingerprint density at radius 3 is 1.69 bits per heavy atom. The summed E-state index contributed by atoms with van der Waals surface area (Å²) in [5.74, 6) is -41.1. The number of fused-ring (bicyclic) bond motifs is 6. The van der Waals surface area contributed by atoms with Gasteiger partial charge in [-0.25, -0.2) is 38.4 Å². The number of carbonyl (C=O) groups excluding carboxylic acids is 5. The van der Waals surface area contributed by atoms with Gasteiger partial charge in [0.15, 0.2) is 81.6 Å². The Labute approximate surface area is 444 Å². The summed E-state index contributed by atoms with van der Waals surface area (Å²) >= 11 is 0. The number of phenolic OH excluding ortho intramolecular Hbond substituents is 14. The number of carboxylic acid groups (broad SMARTS) is 3. The van der Waals surface area contributed by atoms with Gasteiger partial charge in [0.1, 0.15) is 18.3 Å². The fourth-order valence-electron chi connectivity index (χ4n) is 8.56. The Morgan fingerprint density at radius 2 is 1.10 bits per heavy atom. The van der Waals surface area contributed by atoms with E-state index in [2.05, 4.69) is 0 Å². The van der Waals surface area contributed by atoms with Crippen LogP contribution >= 0.6 is 0 Å². The second-order valence-corrected chi connectivity index (χ2v) is 17.2. The Balaban J connectivity index is 1.35. The van der Waals surface area contributed by atoms with Gasteiger partial charge in [-0.15, -0.1) is 0 Å². The highest BCUT2D eigenvalue weighted by Crippen LogP contribution is 2.56. The van der Waals surface area contributed by atoms with E-state index in [9.17, 15) is 130 Å². The molecule has 0 aliphatic carbocycles. The van der Waals surface area contributed by atoms with Gasteiger partial charge >= 0.3 is 47.8 Å². The van der Waals surface area contributed by atoms with Gasteiger partial charge < -0.3 is 125 Å². The zero-order chi connectivity index (χ0) is 59.7. The molecule has 1 saturated heterocycles. The number of esters is 5. The first-order chi connectivity index (χ1) is 37.9. The van der Waals surface area contributed by atoms with Crippen LogP contribution in [0.3, 0.4) is 0 Å². The Bertz CT molecular complexity index is 3630. The molecule has 33 heteroatoms. The number of hydrogen-bond acceptors (Lipinski definition) is 30. The lowest BCUT2D eigenvalue weighted by atomic mass is 9.80. The molecule has 2 bridgehead atoms. The number of aliphatic hydroxyl groups excluding tert-OH is 1. The Kier molecular flexibility index (Phi) is 14.1. The monoisotopic (exact) mass is 1140 g/mol. The number of rotatable bonds is 10. The van der Waals surface area contributed by atoms with Crippen molar-refractivity contribution in [3.63, 3.8) is 0 Å². The maximum absolute atomic E-state index is 15.0. The molecular formula is C48H34O33. The number of phenols is 14. The lowest BCUT2D eigenvalue weighted by Crippen LogP contribution is -2.62. The zero-order valence-corrected chi connectivity index (χ0v) is 39.5. The molecule has 8 rings (SSSR count). The van der Waals surface area contributed by atoms with Gasteiger partial charge in [0.2, 0.25) is 41.1 Å². The SMILES string of the molecule is O=C(O)/C=C(\C(=O)O[C@H]1[C@@H]2OC(=O)c3cc(Oc4c(C(=O)O)cc(O)c(O)c4O)c(O)c(O)c3-c3c(cc(O)c(O)c3O)C(=O)OC[C@H]1O[C@@H](OC(=O)c1cc(O)c(O)c(O)c1)[C@@H]2O)[C@H]1c2c(cc(O)c(O)c2O)C(=O)O[C@@H]1C(=O)O. The summed E-state index contributed by atoms with van der Waals surface area (Å²) in [6.45, 7) is -1.49. The van der Waals surface area contributed by atoms with Crippen molar-refractivity contribution in [2.45, 2.75) is 42.7 Å². The summed E-state index contributed by atoms with van der Waals surface area (Å²) in [5, 5.41) is 190. The minimum absolute atomic E-state index is 0.101. The molecule has 7 atom stereocenters. The highest BCUT2D eigenvalue weighted by atomic mass is 16.7. The highest BCUT2D eigenvalue weighted by molar-refractivity contribution is 6.09. The first-order valence-electron chi connectivity index (χ1n) is 22.1. The van der Waals surface area contributed by atoms with Crippen LogP contribution in [0.1, 0.15) is 63.3 Å². The second kappa shape index (κ2) is 20.5. The Morgan fingerprint density at radius 1 is 0.568 bits per heavy atom. The first-order valence-corrected chi connectivity index (χ1v) is 22.1. The average Bonchev–Trinajstić information content (AvgIpc) is 3.61. The number of hydrogen-bond donors (Lipinski definition) is 18. The fourth-order valence-corrected chi connectivity index (χ4v) is 8.56. The van der Waals surface area contributed by atoms with Gasteiger partial charge in [0.05, 0.1) is 33.7 Å². The smallest absolute Gasteiger partial charge is 0.346 e. The number of ether oxygens (including phenoxy) is 7. The van der Waals surface area contributed by atoms with E-state index in [1.54, 1.807) is 0 Å². The van der Waals surface area contributed by atoms with E-state index in [1.165, 1.54) is 0 Å². The molecule has 424 valence electrons. The molecule has 33 nitrogen and oxygen atoms in total.